The van der Waals surface area contributed by atoms with Crippen molar-refractivity contribution >= 4 is 5.97 Å². The number of aryl methyl sites for hydroxylation is 1. The van der Waals surface area contributed by atoms with Crippen LogP contribution in [-0.2, 0) is 9.53 Å². The molecule has 2 rings (SSSR count). The Morgan fingerprint density at radius 2 is 1.96 bits per heavy atom. The molecule has 1 saturated heterocycles. The molecule has 1 aliphatic rings. The van der Waals surface area contributed by atoms with E-state index in [4.69, 9.17) is 9.47 Å². The van der Waals surface area contributed by atoms with Crippen molar-refractivity contribution in [3.63, 3.8) is 0 Å². The minimum atomic E-state index is -0.532. The summed E-state index contributed by atoms with van der Waals surface area (Å²) in [6.45, 7) is 6.77. The van der Waals surface area contributed by atoms with E-state index in [1.54, 1.807) is 0 Å². The molecule has 0 bridgehead atoms. The second kappa shape index (κ2) is 8.89. The lowest BCUT2D eigenvalue weighted by Crippen LogP contribution is -2.42. The van der Waals surface area contributed by atoms with Gasteiger partial charge in [0, 0.05) is 6.54 Å². The topological polar surface area (TPSA) is 59.0 Å². The van der Waals surface area contributed by atoms with Crippen molar-refractivity contribution in [3.05, 3.63) is 29.8 Å². The smallest absolute Gasteiger partial charge is 0.309 e. The zero-order valence-corrected chi connectivity index (χ0v) is 14.0. The van der Waals surface area contributed by atoms with E-state index in [0.29, 0.717) is 13.2 Å². The van der Waals surface area contributed by atoms with Gasteiger partial charge in [-0.2, -0.15) is 0 Å². The average Bonchev–Trinajstić information content (AvgIpc) is 2.55. The molecule has 5 nitrogen and oxygen atoms in total. The average molecular weight is 321 g/mol. The van der Waals surface area contributed by atoms with Crippen LogP contribution < -0.4 is 4.74 Å². The monoisotopic (exact) mass is 321 g/mol. The lowest BCUT2D eigenvalue weighted by atomic mass is 9.97. The van der Waals surface area contributed by atoms with E-state index < -0.39 is 6.10 Å². The van der Waals surface area contributed by atoms with Crippen LogP contribution >= 0.6 is 0 Å². The lowest BCUT2D eigenvalue weighted by molar-refractivity contribution is -0.149. The molecule has 23 heavy (non-hydrogen) atoms. The van der Waals surface area contributed by atoms with Crippen LogP contribution in [0.1, 0.15) is 25.3 Å². The summed E-state index contributed by atoms with van der Waals surface area (Å²) in [6, 6.07) is 7.80. The van der Waals surface area contributed by atoms with Crippen molar-refractivity contribution in [2.45, 2.75) is 32.8 Å². The second-order valence-electron chi connectivity index (χ2n) is 6.10. The third-order valence-corrected chi connectivity index (χ3v) is 4.14. The van der Waals surface area contributed by atoms with Crippen LogP contribution in [0.5, 0.6) is 5.75 Å². The van der Waals surface area contributed by atoms with Crippen LogP contribution in [-0.4, -0.2) is 54.9 Å². The predicted molar refractivity (Wildman–Crippen MR) is 88.5 cm³/mol. The Hall–Kier alpha value is -1.59. The van der Waals surface area contributed by atoms with Gasteiger partial charge in [-0.3, -0.25) is 4.79 Å². The summed E-state index contributed by atoms with van der Waals surface area (Å²) < 4.78 is 10.7. The summed E-state index contributed by atoms with van der Waals surface area (Å²) in [7, 11) is 0. The first kappa shape index (κ1) is 17.8. The van der Waals surface area contributed by atoms with E-state index in [9.17, 15) is 9.90 Å². The van der Waals surface area contributed by atoms with Crippen LogP contribution in [0, 0.1) is 12.8 Å². The van der Waals surface area contributed by atoms with Crippen LogP contribution in [0.15, 0.2) is 24.3 Å². The number of esters is 1. The first-order chi connectivity index (χ1) is 11.1. The number of aliphatic hydroxyl groups is 1. The Kier molecular flexibility index (Phi) is 6.86. The number of rotatable bonds is 7. The highest BCUT2D eigenvalue weighted by atomic mass is 16.5. The van der Waals surface area contributed by atoms with Crippen LogP contribution in [0.4, 0.5) is 0 Å². The number of likely N-dealkylation sites (tertiary alicyclic amines) is 1. The Bertz CT molecular complexity index is 480. The van der Waals surface area contributed by atoms with Gasteiger partial charge in [-0.25, -0.2) is 0 Å². The molecule has 1 N–H and O–H groups in total. The number of nitrogens with zero attached hydrogens (tertiary/aromatic N) is 1. The van der Waals surface area contributed by atoms with Crippen LogP contribution in [0.3, 0.4) is 0 Å². The van der Waals surface area contributed by atoms with Crippen molar-refractivity contribution in [2.75, 3.05) is 32.8 Å². The van der Waals surface area contributed by atoms with Gasteiger partial charge < -0.3 is 19.5 Å². The van der Waals surface area contributed by atoms with Gasteiger partial charge in [0.1, 0.15) is 18.5 Å². The van der Waals surface area contributed by atoms with E-state index in [1.165, 1.54) is 5.56 Å². The number of ether oxygens (including phenoxy) is 2. The highest BCUT2D eigenvalue weighted by Crippen LogP contribution is 2.19. The van der Waals surface area contributed by atoms with Gasteiger partial charge in [0.25, 0.3) is 0 Å². The third-order valence-electron chi connectivity index (χ3n) is 4.14. The Morgan fingerprint density at radius 1 is 1.30 bits per heavy atom. The summed E-state index contributed by atoms with van der Waals surface area (Å²) in [5.74, 6) is 0.693. The van der Waals surface area contributed by atoms with Gasteiger partial charge in [-0.1, -0.05) is 17.7 Å². The van der Waals surface area contributed by atoms with Crippen LogP contribution in [0.25, 0.3) is 0 Å². The van der Waals surface area contributed by atoms with Crippen molar-refractivity contribution in [2.24, 2.45) is 5.92 Å². The maximum atomic E-state index is 11.7. The Morgan fingerprint density at radius 3 is 2.57 bits per heavy atom. The normalized spacial score (nSPS) is 17.7. The first-order valence-electron chi connectivity index (χ1n) is 8.35. The van der Waals surface area contributed by atoms with Gasteiger partial charge in [-0.05, 0) is 51.9 Å². The van der Waals surface area contributed by atoms with Gasteiger partial charge in [0.05, 0.1) is 12.5 Å². The van der Waals surface area contributed by atoms with Crippen molar-refractivity contribution in [3.8, 4) is 5.75 Å². The fourth-order valence-electron chi connectivity index (χ4n) is 2.79. The lowest BCUT2D eigenvalue weighted by Gasteiger charge is -2.32. The zero-order chi connectivity index (χ0) is 16.7. The SMILES string of the molecule is CCOC(=O)C1CCN(CC(O)COc2ccc(C)cc2)CC1. The molecule has 1 aliphatic heterocycles. The summed E-state index contributed by atoms with van der Waals surface area (Å²) in [6.07, 6.45) is 1.06. The molecule has 0 amide bonds. The Balaban J connectivity index is 1.67. The second-order valence-corrected chi connectivity index (χ2v) is 6.10. The van der Waals surface area contributed by atoms with Crippen molar-refractivity contribution < 1.29 is 19.4 Å². The first-order valence-corrected chi connectivity index (χ1v) is 8.35. The molecule has 0 aromatic heterocycles. The summed E-state index contributed by atoms with van der Waals surface area (Å²) >= 11 is 0. The molecule has 0 radical (unpaired) electrons. The standard InChI is InChI=1S/C18H27NO4/c1-3-22-18(21)15-8-10-19(11-9-15)12-16(20)13-23-17-6-4-14(2)5-7-17/h4-7,15-16,20H,3,8-13H2,1-2H3. The molecule has 1 heterocycles. The number of β-amino-alcohol motifs (C(OH)–C–C–N with tert-alkyl or cyclic N) is 1. The molecule has 128 valence electrons. The van der Waals surface area contributed by atoms with E-state index in [-0.39, 0.29) is 18.5 Å². The predicted octanol–water partition coefficient (Wildman–Crippen LogP) is 2.01. The molecule has 0 aliphatic carbocycles. The molecular formula is C18H27NO4. The zero-order valence-electron chi connectivity index (χ0n) is 14.0. The highest BCUT2D eigenvalue weighted by molar-refractivity contribution is 5.72. The number of carbonyl (C=O) groups is 1. The molecule has 0 spiro atoms. The summed E-state index contributed by atoms with van der Waals surface area (Å²) in [5.41, 5.74) is 1.18. The number of benzene rings is 1. The van der Waals surface area contributed by atoms with Crippen molar-refractivity contribution in [1.82, 2.24) is 4.90 Å². The minimum absolute atomic E-state index is 0.00662. The Labute approximate surface area is 138 Å². The largest absolute Gasteiger partial charge is 0.491 e. The number of carbonyl (C=O) groups excluding carboxylic acids is 1. The van der Waals surface area contributed by atoms with Gasteiger partial charge >= 0.3 is 5.97 Å². The maximum absolute atomic E-state index is 11.7. The quantitative estimate of drug-likeness (QED) is 0.779. The maximum Gasteiger partial charge on any atom is 0.309 e. The number of hydrogen-bond donors (Lipinski definition) is 1. The molecule has 1 fully saturated rings. The molecular weight excluding hydrogens is 294 g/mol. The molecule has 1 unspecified atom stereocenters. The molecule has 5 heteroatoms. The fourth-order valence-corrected chi connectivity index (χ4v) is 2.79. The number of piperidine rings is 1. The van der Waals surface area contributed by atoms with Crippen molar-refractivity contribution in [1.29, 1.82) is 0 Å². The molecule has 1 aromatic rings. The third kappa shape index (κ3) is 5.84. The van der Waals surface area contributed by atoms with Gasteiger partial charge in [0.15, 0.2) is 0 Å². The number of hydrogen-bond acceptors (Lipinski definition) is 5. The summed E-state index contributed by atoms with van der Waals surface area (Å²) in [4.78, 5) is 13.9. The molecule has 1 atom stereocenters. The van der Waals surface area contributed by atoms with Gasteiger partial charge in [-0.15, -0.1) is 0 Å². The minimum Gasteiger partial charge on any atom is -0.491 e. The molecule has 0 saturated carbocycles. The van der Waals surface area contributed by atoms with E-state index in [1.807, 2.05) is 38.1 Å². The van der Waals surface area contributed by atoms with Gasteiger partial charge in [0.2, 0.25) is 0 Å². The number of aliphatic hydroxyl groups excluding tert-OH is 1. The summed E-state index contributed by atoms with van der Waals surface area (Å²) in [5, 5.41) is 10.1. The van der Waals surface area contributed by atoms with E-state index in [0.717, 1.165) is 31.7 Å². The highest BCUT2D eigenvalue weighted by Gasteiger charge is 2.26. The fraction of sp³-hybridized carbons (Fsp3) is 0.611. The van der Waals surface area contributed by atoms with E-state index in [2.05, 4.69) is 4.90 Å². The van der Waals surface area contributed by atoms with E-state index >= 15 is 0 Å². The van der Waals surface area contributed by atoms with Crippen LogP contribution in [0.2, 0.25) is 0 Å². The molecule has 1 aromatic carbocycles.